The van der Waals surface area contributed by atoms with Crippen molar-refractivity contribution in [3.05, 3.63) is 57.2 Å². The third-order valence-corrected chi connectivity index (χ3v) is 4.39. The largest absolute Gasteiger partial charge is 0.399 e. The van der Waals surface area contributed by atoms with Gasteiger partial charge in [0.25, 0.3) is 0 Å². The molecule has 0 spiro atoms. The van der Waals surface area contributed by atoms with Gasteiger partial charge in [-0.3, -0.25) is 0 Å². The number of halogens is 1. The van der Waals surface area contributed by atoms with E-state index in [9.17, 15) is 0 Å². The second kappa shape index (κ2) is 4.80. The Hall–Kier alpha value is -1.23. The fourth-order valence-corrected chi connectivity index (χ4v) is 3.18. The molecular formula is C15H15IN2. The molecule has 2 nitrogen and oxygen atoms in total. The molecule has 0 saturated heterocycles. The Kier molecular flexibility index (Phi) is 3.16. The fraction of sp³-hybridized carbons (Fsp3) is 0.200. The van der Waals surface area contributed by atoms with Crippen molar-refractivity contribution in [3.8, 4) is 0 Å². The minimum atomic E-state index is 0.648. The predicted octanol–water partition coefficient (Wildman–Crippen LogP) is 3.63. The Morgan fingerprint density at radius 2 is 2.06 bits per heavy atom. The van der Waals surface area contributed by atoms with Crippen LogP contribution in [-0.4, -0.2) is 6.54 Å². The number of anilines is 2. The van der Waals surface area contributed by atoms with Gasteiger partial charge in [0.1, 0.15) is 0 Å². The summed E-state index contributed by atoms with van der Waals surface area (Å²) in [6.45, 7) is 0.997. The van der Waals surface area contributed by atoms with Crippen molar-refractivity contribution in [3.63, 3.8) is 0 Å². The number of nitrogens with two attached hydrogens (primary N) is 1. The van der Waals surface area contributed by atoms with Crippen LogP contribution in [0.2, 0.25) is 0 Å². The number of rotatable bonds is 3. The Bertz CT molecular complexity index is 580. The van der Waals surface area contributed by atoms with Gasteiger partial charge >= 0.3 is 0 Å². The van der Waals surface area contributed by atoms with Crippen LogP contribution in [0, 0.1) is 3.57 Å². The zero-order chi connectivity index (χ0) is 12.5. The van der Waals surface area contributed by atoms with Crippen LogP contribution in [0.25, 0.3) is 0 Å². The number of hydrogen-bond acceptors (Lipinski definition) is 2. The molecule has 2 aromatic carbocycles. The lowest BCUT2D eigenvalue weighted by Crippen LogP contribution is -2.24. The van der Waals surface area contributed by atoms with Crippen molar-refractivity contribution < 1.29 is 0 Å². The molecule has 1 unspecified atom stereocenters. The van der Waals surface area contributed by atoms with Crippen molar-refractivity contribution in [2.45, 2.75) is 12.3 Å². The lowest BCUT2D eigenvalue weighted by molar-refractivity contribution is 0.635. The summed E-state index contributed by atoms with van der Waals surface area (Å²) < 4.78 is 1.18. The molecule has 1 aliphatic carbocycles. The first-order valence-electron chi connectivity index (χ1n) is 6.11. The predicted molar refractivity (Wildman–Crippen MR) is 84.9 cm³/mol. The van der Waals surface area contributed by atoms with Crippen molar-refractivity contribution in [2.24, 2.45) is 0 Å². The second-order valence-corrected chi connectivity index (χ2v) is 5.88. The van der Waals surface area contributed by atoms with Crippen LogP contribution in [0.1, 0.15) is 17.0 Å². The number of hydrogen-bond donors (Lipinski definition) is 2. The highest BCUT2D eigenvalue weighted by atomic mass is 127. The first-order valence-corrected chi connectivity index (χ1v) is 7.18. The van der Waals surface area contributed by atoms with Gasteiger partial charge in [-0.25, -0.2) is 0 Å². The quantitative estimate of drug-likeness (QED) is 0.655. The van der Waals surface area contributed by atoms with E-state index in [2.05, 4.69) is 58.2 Å². The van der Waals surface area contributed by atoms with E-state index in [1.807, 2.05) is 12.1 Å². The molecule has 1 aliphatic rings. The molecule has 0 heterocycles. The first-order chi connectivity index (χ1) is 8.74. The third kappa shape index (κ3) is 2.19. The van der Waals surface area contributed by atoms with Gasteiger partial charge in [0.2, 0.25) is 0 Å². The Labute approximate surface area is 121 Å². The van der Waals surface area contributed by atoms with Gasteiger partial charge in [0, 0.05) is 27.4 Å². The molecule has 1 atom stereocenters. The van der Waals surface area contributed by atoms with Crippen LogP contribution in [0.5, 0.6) is 0 Å². The highest BCUT2D eigenvalue weighted by molar-refractivity contribution is 14.1. The molecule has 0 amide bonds. The average Bonchev–Trinajstić information content (AvgIpc) is 2.33. The highest BCUT2D eigenvalue weighted by Crippen LogP contribution is 2.35. The van der Waals surface area contributed by atoms with Gasteiger partial charge in [0.15, 0.2) is 0 Å². The fourth-order valence-electron chi connectivity index (χ4n) is 2.45. The van der Waals surface area contributed by atoms with Crippen molar-refractivity contribution >= 4 is 34.0 Å². The van der Waals surface area contributed by atoms with Crippen LogP contribution in [-0.2, 0) is 6.42 Å². The van der Waals surface area contributed by atoms with Crippen LogP contribution >= 0.6 is 22.6 Å². The third-order valence-electron chi connectivity index (χ3n) is 3.49. The van der Waals surface area contributed by atoms with E-state index >= 15 is 0 Å². The molecule has 3 N–H and O–H groups in total. The zero-order valence-corrected chi connectivity index (χ0v) is 12.1. The normalized spacial score (nSPS) is 16.8. The maximum atomic E-state index is 5.75. The minimum absolute atomic E-state index is 0.648. The lowest BCUT2D eigenvalue weighted by atomic mass is 9.77. The zero-order valence-electron chi connectivity index (χ0n) is 9.99. The molecule has 2 aromatic rings. The summed E-state index contributed by atoms with van der Waals surface area (Å²) in [4.78, 5) is 0. The second-order valence-electron chi connectivity index (χ2n) is 4.72. The van der Waals surface area contributed by atoms with Crippen LogP contribution in [0.15, 0.2) is 42.5 Å². The molecule has 0 radical (unpaired) electrons. The first kappa shape index (κ1) is 11.8. The van der Waals surface area contributed by atoms with E-state index in [0.29, 0.717) is 5.92 Å². The minimum Gasteiger partial charge on any atom is -0.399 e. The van der Waals surface area contributed by atoms with Gasteiger partial charge in [-0.2, -0.15) is 0 Å². The smallest absolute Gasteiger partial charge is 0.0477 e. The molecule has 18 heavy (non-hydrogen) atoms. The topological polar surface area (TPSA) is 38.0 Å². The molecule has 0 bridgehead atoms. The standard InChI is InChI=1S/C15H15IN2/c16-14-8-12(17)5-6-15(14)18-9-11-7-10-3-1-2-4-13(10)11/h1-6,8,11,18H,7,9,17H2. The van der Waals surface area contributed by atoms with Gasteiger partial charge in [-0.15, -0.1) is 0 Å². The molecule has 0 aromatic heterocycles. The number of fused-ring (bicyclic) bond motifs is 1. The van der Waals surface area contributed by atoms with E-state index in [-0.39, 0.29) is 0 Å². The van der Waals surface area contributed by atoms with E-state index in [1.54, 1.807) is 0 Å². The summed E-state index contributed by atoms with van der Waals surface area (Å²) >= 11 is 2.32. The Morgan fingerprint density at radius 1 is 1.22 bits per heavy atom. The number of nitrogens with one attached hydrogen (secondary N) is 1. The Morgan fingerprint density at radius 3 is 2.83 bits per heavy atom. The molecule has 0 saturated carbocycles. The summed E-state index contributed by atoms with van der Waals surface area (Å²) in [6.07, 6.45) is 1.19. The molecule has 92 valence electrons. The lowest BCUT2D eigenvalue weighted by Gasteiger charge is -2.30. The summed E-state index contributed by atoms with van der Waals surface area (Å²) in [7, 11) is 0. The monoisotopic (exact) mass is 350 g/mol. The average molecular weight is 350 g/mol. The van der Waals surface area contributed by atoms with Crippen LogP contribution in [0.3, 0.4) is 0 Å². The van der Waals surface area contributed by atoms with Gasteiger partial charge in [-0.1, -0.05) is 24.3 Å². The molecule has 3 heteroatoms. The number of benzene rings is 2. The van der Waals surface area contributed by atoms with Crippen molar-refractivity contribution in [1.29, 1.82) is 0 Å². The van der Waals surface area contributed by atoms with Crippen LogP contribution < -0.4 is 11.1 Å². The molecule has 3 rings (SSSR count). The van der Waals surface area contributed by atoms with Gasteiger partial charge in [0.05, 0.1) is 0 Å². The summed E-state index contributed by atoms with van der Waals surface area (Å²) in [6, 6.07) is 14.7. The van der Waals surface area contributed by atoms with E-state index < -0.39 is 0 Å². The van der Waals surface area contributed by atoms with E-state index in [0.717, 1.165) is 12.2 Å². The maximum Gasteiger partial charge on any atom is 0.0477 e. The SMILES string of the molecule is Nc1ccc(NCC2Cc3ccccc32)c(I)c1. The van der Waals surface area contributed by atoms with Crippen LogP contribution in [0.4, 0.5) is 11.4 Å². The van der Waals surface area contributed by atoms with E-state index in [4.69, 9.17) is 5.73 Å². The molecule has 0 aliphatic heterocycles. The molecular weight excluding hydrogens is 335 g/mol. The van der Waals surface area contributed by atoms with Gasteiger partial charge in [-0.05, 0) is 58.3 Å². The summed E-state index contributed by atoms with van der Waals surface area (Å²) in [5.41, 5.74) is 10.7. The van der Waals surface area contributed by atoms with Gasteiger partial charge < -0.3 is 11.1 Å². The van der Waals surface area contributed by atoms with E-state index in [1.165, 1.54) is 26.8 Å². The Balaban J connectivity index is 1.66. The highest BCUT2D eigenvalue weighted by Gasteiger charge is 2.24. The van der Waals surface area contributed by atoms with Crippen molar-refractivity contribution in [2.75, 3.05) is 17.6 Å². The van der Waals surface area contributed by atoms with Crippen molar-refractivity contribution in [1.82, 2.24) is 0 Å². The number of nitrogen functional groups attached to an aromatic ring is 1. The maximum absolute atomic E-state index is 5.75. The molecule has 0 fully saturated rings. The summed E-state index contributed by atoms with van der Waals surface area (Å²) in [5.74, 6) is 0.648. The summed E-state index contributed by atoms with van der Waals surface area (Å²) in [5, 5.41) is 3.52.